The van der Waals surface area contributed by atoms with Crippen molar-refractivity contribution in [2.45, 2.75) is 225 Å². The summed E-state index contributed by atoms with van der Waals surface area (Å²) in [4.78, 5) is 45.8. The van der Waals surface area contributed by atoms with Crippen molar-refractivity contribution in [1.82, 2.24) is 0 Å². The van der Waals surface area contributed by atoms with Crippen molar-refractivity contribution in [3.05, 3.63) is 0 Å². The van der Waals surface area contributed by atoms with Crippen LogP contribution in [0.2, 0.25) is 0 Å². The minimum Gasteiger partial charge on any atom is -0.480 e. The molecule has 4 N–H and O–H groups in total. The van der Waals surface area contributed by atoms with Gasteiger partial charge in [0.1, 0.15) is 12.6 Å². The number of carboxylic acids is 1. The SMILES string of the molecule is CCCCCCCCCCCCCCCCCCCCC(=O)O[C@@H](COC(=O)CCCCCCCCCCCCC)COP(=O)(O)OC[C@H](N)C(=O)O. The number of hydrogen-bond donors (Lipinski definition) is 3. The third-order valence-corrected chi connectivity index (χ3v) is 10.6. The molecule has 0 amide bonds. The number of carboxylic acid groups (broad SMARTS) is 1. The number of phosphoric acid groups is 1. The second kappa shape index (κ2) is 37.4. The van der Waals surface area contributed by atoms with Gasteiger partial charge in [0.25, 0.3) is 0 Å². The van der Waals surface area contributed by atoms with E-state index in [4.69, 9.17) is 24.8 Å². The summed E-state index contributed by atoms with van der Waals surface area (Å²) in [6.45, 7) is 2.82. The Morgan fingerprint density at radius 3 is 1.19 bits per heavy atom. The molecule has 53 heavy (non-hydrogen) atoms. The zero-order valence-electron chi connectivity index (χ0n) is 33.9. The highest BCUT2D eigenvalue weighted by Gasteiger charge is 2.28. The molecule has 0 aromatic heterocycles. The van der Waals surface area contributed by atoms with Gasteiger partial charge in [-0.25, -0.2) is 4.57 Å². The molecule has 12 heteroatoms. The zero-order valence-corrected chi connectivity index (χ0v) is 34.8. The molecule has 0 spiro atoms. The normalized spacial score (nSPS) is 13.7. The van der Waals surface area contributed by atoms with E-state index in [1.54, 1.807) is 0 Å². The summed E-state index contributed by atoms with van der Waals surface area (Å²) in [5.74, 6) is -2.36. The lowest BCUT2D eigenvalue weighted by Gasteiger charge is -2.20. The van der Waals surface area contributed by atoms with Gasteiger partial charge in [-0.1, -0.05) is 187 Å². The van der Waals surface area contributed by atoms with E-state index >= 15 is 0 Å². The van der Waals surface area contributed by atoms with Crippen LogP contribution in [0.4, 0.5) is 0 Å². The Hall–Kier alpha value is -1.52. The van der Waals surface area contributed by atoms with Crippen molar-refractivity contribution < 1.29 is 47.5 Å². The molecule has 0 heterocycles. The van der Waals surface area contributed by atoms with Crippen LogP contribution in [-0.4, -0.2) is 59.9 Å². The van der Waals surface area contributed by atoms with Gasteiger partial charge in [-0.3, -0.25) is 23.4 Å². The summed E-state index contributed by atoms with van der Waals surface area (Å²) in [7, 11) is -4.70. The van der Waals surface area contributed by atoms with Crippen molar-refractivity contribution in [3.8, 4) is 0 Å². The minimum absolute atomic E-state index is 0.169. The average molecular weight is 778 g/mol. The molecule has 11 nitrogen and oxygen atoms in total. The molecule has 0 radical (unpaired) electrons. The van der Waals surface area contributed by atoms with Gasteiger partial charge in [0.15, 0.2) is 6.10 Å². The molecule has 0 aromatic rings. The van der Waals surface area contributed by atoms with Gasteiger partial charge in [-0.05, 0) is 12.8 Å². The fourth-order valence-corrected chi connectivity index (χ4v) is 6.96. The molecule has 0 aliphatic carbocycles. The maximum absolute atomic E-state index is 12.6. The number of ether oxygens (including phenoxy) is 2. The fraction of sp³-hybridized carbons (Fsp3) is 0.927. The standard InChI is InChI=1S/C41H80NO10P/c1-3-5-7-9-11-13-15-16-17-18-19-20-21-23-25-27-29-31-33-40(44)52-37(35-50-53(47,48)51-36-38(42)41(45)46)34-49-39(43)32-30-28-26-24-22-14-12-10-8-6-4-2/h37-38H,3-36,42H2,1-2H3,(H,45,46)(H,47,48)/t37-,38-/m0/s1. The van der Waals surface area contributed by atoms with Crippen LogP contribution in [0.3, 0.4) is 0 Å². The summed E-state index contributed by atoms with van der Waals surface area (Å²) >= 11 is 0. The molecule has 3 atom stereocenters. The predicted molar refractivity (Wildman–Crippen MR) is 213 cm³/mol. The Labute approximate surface area is 323 Å². The van der Waals surface area contributed by atoms with E-state index in [2.05, 4.69) is 18.4 Å². The lowest BCUT2D eigenvalue weighted by atomic mass is 10.0. The van der Waals surface area contributed by atoms with E-state index in [1.165, 1.54) is 135 Å². The van der Waals surface area contributed by atoms with Crippen LogP contribution >= 0.6 is 7.82 Å². The van der Waals surface area contributed by atoms with Crippen molar-refractivity contribution in [2.75, 3.05) is 19.8 Å². The van der Waals surface area contributed by atoms with E-state index in [0.29, 0.717) is 12.8 Å². The topological polar surface area (TPSA) is 172 Å². The molecule has 0 saturated heterocycles. The smallest absolute Gasteiger partial charge is 0.472 e. The second-order valence-electron chi connectivity index (χ2n) is 14.8. The van der Waals surface area contributed by atoms with Gasteiger partial charge in [0.2, 0.25) is 0 Å². The minimum atomic E-state index is -4.70. The van der Waals surface area contributed by atoms with Crippen LogP contribution in [0.5, 0.6) is 0 Å². The molecule has 0 rings (SSSR count). The lowest BCUT2D eigenvalue weighted by molar-refractivity contribution is -0.161. The quantitative estimate of drug-likeness (QED) is 0.0306. The number of esters is 2. The van der Waals surface area contributed by atoms with Gasteiger partial charge in [-0.2, -0.15) is 0 Å². The molecule has 0 aliphatic rings. The number of carbonyl (C=O) groups excluding carboxylic acids is 2. The van der Waals surface area contributed by atoms with Gasteiger partial charge in [-0.15, -0.1) is 0 Å². The van der Waals surface area contributed by atoms with Crippen LogP contribution in [0.25, 0.3) is 0 Å². The van der Waals surface area contributed by atoms with E-state index in [0.717, 1.165) is 38.5 Å². The zero-order chi connectivity index (χ0) is 39.3. The number of nitrogens with two attached hydrogens (primary N) is 1. The molecule has 0 saturated carbocycles. The van der Waals surface area contributed by atoms with E-state index in [-0.39, 0.29) is 19.4 Å². The predicted octanol–water partition coefficient (Wildman–Crippen LogP) is 11.1. The summed E-state index contributed by atoms with van der Waals surface area (Å²) in [6.07, 6.45) is 34.5. The summed E-state index contributed by atoms with van der Waals surface area (Å²) < 4.78 is 32.7. The molecule has 0 fully saturated rings. The Morgan fingerprint density at radius 2 is 0.830 bits per heavy atom. The summed E-state index contributed by atoms with van der Waals surface area (Å²) in [5, 5.41) is 8.87. The second-order valence-corrected chi connectivity index (χ2v) is 16.3. The van der Waals surface area contributed by atoms with Gasteiger partial charge < -0.3 is 25.2 Å². The molecule has 0 bridgehead atoms. The van der Waals surface area contributed by atoms with E-state index in [1.807, 2.05) is 0 Å². The molecule has 0 aliphatic heterocycles. The van der Waals surface area contributed by atoms with Gasteiger partial charge in [0, 0.05) is 12.8 Å². The van der Waals surface area contributed by atoms with Crippen LogP contribution < -0.4 is 5.73 Å². The molecule has 0 aromatic carbocycles. The Kier molecular flexibility index (Phi) is 36.3. The van der Waals surface area contributed by atoms with Crippen LogP contribution in [0.15, 0.2) is 0 Å². The number of aliphatic carboxylic acids is 1. The Balaban J connectivity index is 4.29. The average Bonchev–Trinajstić information content (AvgIpc) is 3.13. The monoisotopic (exact) mass is 778 g/mol. The van der Waals surface area contributed by atoms with Crippen LogP contribution in [0.1, 0.15) is 213 Å². The van der Waals surface area contributed by atoms with Crippen molar-refractivity contribution in [1.29, 1.82) is 0 Å². The summed E-state index contributed by atoms with van der Waals surface area (Å²) in [6, 6.07) is -1.52. The molecular formula is C41H80NO10P. The molecular weight excluding hydrogens is 697 g/mol. The largest absolute Gasteiger partial charge is 0.480 e. The van der Waals surface area contributed by atoms with Crippen LogP contribution in [-0.2, 0) is 37.5 Å². The Bertz CT molecular complexity index is 921. The van der Waals surface area contributed by atoms with E-state index in [9.17, 15) is 23.8 Å². The highest BCUT2D eigenvalue weighted by molar-refractivity contribution is 7.47. The van der Waals surface area contributed by atoms with Gasteiger partial charge in [0.05, 0.1) is 13.2 Å². The third-order valence-electron chi connectivity index (χ3n) is 9.61. The van der Waals surface area contributed by atoms with Crippen molar-refractivity contribution in [3.63, 3.8) is 0 Å². The van der Waals surface area contributed by atoms with Crippen LogP contribution in [0, 0.1) is 0 Å². The maximum atomic E-state index is 12.6. The lowest BCUT2D eigenvalue weighted by Crippen LogP contribution is -2.34. The first kappa shape index (κ1) is 51.5. The highest BCUT2D eigenvalue weighted by Crippen LogP contribution is 2.43. The number of carbonyl (C=O) groups is 3. The Morgan fingerprint density at radius 1 is 0.509 bits per heavy atom. The summed E-state index contributed by atoms with van der Waals surface area (Å²) in [5.41, 5.74) is 5.33. The third kappa shape index (κ3) is 37.2. The first-order chi connectivity index (χ1) is 25.6. The maximum Gasteiger partial charge on any atom is 0.472 e. The fourth-order valence-electron chi connectivity index (χ4n) is 6.18. The number of hydrogen-bond acceptors (Lipinski definition) is 9. The number of rotatable bonds is 41. The first-order valence-corrected chi connectivity index (χ1v) is 23.1. The highest BCUT2D eigenvalue weighted by atomic mass is 31.2. The van der Waals surface area contributed by atoms with E-state index < -0.39 is 51.1 Å². The number of phosphoric ester groups is 1. The first-order valence-electron chi connectivity index (χ1n) is 21.6. The van der Waals surface area contributed by atoms with Gasteiger partial charge >= 0.3 is 25.7 Å². The number of unbranched alkanes of at least 4 members (excludes halogenated alkanes) is 27. The molecule has 1 unspecified atom stereocenters. The van der Waals surface area contributed by atoms with Crippen molar-refractivity contribution in [2.24, 2.45) is 5.73 Å². The van der Waals surface area contributed by atoms with Crippen molar-refractivity contribution >= 4 is 25.7 Å². The molecule has 314 valence electrons.